The lowest BCUT2D eigenvalue weighted by atomic mass is 9.94. The lowest BCUT2D eigenvalue weighted by Crippen LogP contribution is -2.10. The highest BCUT2D eigenvalue weighted by atomic mass is 35.5. The summed E-state index contributed by atoms with van der Waals surface area (Å²) in [6, 6.07) is 26.4. The van der Waals surface area contributed by atoms with Crippen molar-refractivity contribution in [2.24, 2.45) is 0 Å². The van der Waals surface area contributed by atoms with E-state index in [1.54, 1.807) is 6.20 Å². The quantitative estimate of drug-likeness (QED) is 0.286. The summed E-state index contributed by atoms with van der Waals surface area (Å²) in [4.78, 5) is 8.80. The van der Waals surface area contributed by atoms with Crippen LogP contribution >= 0.6 is 23.2 Å². The van der Waals surface area contributed by atoms with Crippen LogP contribution in [-0.2, 0) is 0 Å². The molecule has 0 radical (unpaired) electrons. The molecule has 5 aromatic rings. The molecule has 3 aromatic carbocycles. The number of pyridine rings is 1. The van der Waals surface area contributed by atoms with Crippen LogP contribution in [0, 0.1) is 0 Å². The van der Waals surface area contributed by atoms with E-state index in [0.717, 1.165) is 33.2 Å². The van der Waals surface area contributed by atoms with Gasteiger partial charge >= 0.3 is 0 Å². The molecular weight excluding hydrogens is 413 g/mol. The van der Waals surface area contributed by atoms with Crippen LogP contribution in [0.15, 0.2) is 97.6 Å². The first-order chi connectivity index (χ1) is 14.7. The number of hydrogen-bond donors (Lipinski definition) is 0. The van der Waals surface area contributed by atoms with Crippen LogP contribution in [0.3, 0.4) is 0 Å². The number of benzene rings is 3. The molecule has 5 heteroatoms. The minimum Gasteiger partial charge on any atom is -0.326 e. The third-order valence-electron chi connectivity index (χ3n) is 5.21. The largest absolute Gasteiger partial charge is 0.326 e. The van der Waals surface area contributed by atoms with Gasteiger partial charge in [0.2, 0.25) is 0 Å². The molecule has 1 atom stereocenters. The standard InChI is InChI=1S/C25H17Cl2N3/c26-20-9-6-18(7-10-20)25(30-13-12-28-16-30)19-8-11-23-22(14-19)21(15-24(27)29-23)17-4-2-1-3-5-17/h1-16,25H. The van der Waals surface area contributed by atoms with Crippen molar-refractivity contribution in [3.8, 4) is 11.1 Å². The van der Waals surface area contributed by atoms with Crippen molar-refractivity contribution in [1.29, 1.82) is 0 Å². The fourth-order valence-electron chi connectivity index (χ4n) is 3.84. The number of nitrogens with zero attached hydrogens (tertiary/aromatic N) is 3. The molecule has 0 aliphatic carbocycles. The molecule has 0 saturated carbocycles. The molecule has 0 aliphatic heterocycles. The van der Waals surface area contributed by atoms with Crippen LogP contribution in [0.4, 0.5) is 0 Å². The van der Waals surface area contributed by atoms with E-state index >= 15 is 0 Å². The zero-order chi connectivity index (χ0) is 20.5. The summed E-state index contributed by atoms with van der Waals surface area (Å²) < 4.78 is 2.09. The molecule has 0 spiro atoms. The van der Waals surface area contributed by atoms with Crippen molar-refractivity contribution in [1.82, 2.24) is 14.5 Å². The molecule has 0 saturated heterocycles. The highest BCUT2D eigenvalue weighted by molar-refractivity contribution is 6.30. The van der Waals surface area contributed by atoms with Crippen molar-refractivity contribution < 1.29 is 0 Å². The van der Waals surface area contributed by atoms with Gasteiger partial charge in [0.05, 0.1) is 17.9 Å². The van der Waals surface area contributed by atoms with Crippen LogP contribution in [0.1, 0.15) is 17.2 Å². The van der Waals surface area contributed by atoms with E-state index in [2.05, 4.69) is 50.9 Å². The first-order valence-electron chi connectivity index (χ1n) is 9.57. The van der Waals surface area contributed by atoms with Crippen molar-refractivity contribution in [2.45, 2.75) is 6.04 Å². The number of rotatable bonds is 4. The number of hydrogen-bond acceptors (Lipinski definition) is 2. The second kappa shape index (κ2) is 7.94. The van der Waals surface area contributed by atoms with Crippen molar-refractivity contribution >= 4 is 34.1 Å². The second-order valence-corrected chi connectivity index (χ2v) is 7.92. The van der Waals surface area contributed by atoms with Crippen molar-refractivity contribution in [3.05, 3.63) is 119 Å². The molecular formula is C25H17Cl2N3. The third kappa shape index (κ3) is 3.58. The van der Waals surface area contributed by atoms with Crippen molar-refractivity contribution in [2.75, 3.05) is 0 Å². The second-order valence-electron chi connectivity index (χ2n) is 7.10. The first kappa shape index (κ1) is 18.9. The predicted octanol–water partition coefficient (Wildman–Crippen LogP) is 7.04. The normalized spacial score (nSPS) is 12.2. The SMILES string of the molecule is Clc1ccc(C(c2ccc3nc(Cl)cc(-c4ccccc4)c3c2)n2ccnc2)cc1. The van der Waals surface area contributed by atoms with Crippen LogP contribution in [0.5, 0.6) is 0 Å². The Bertz CT molecular complexity index is 1300. The fourth-order valence-corrected chi connectivity index (χ4v) is 4.17. The van der Waals surface area contributed by atoms with Crippen molar-refractivity contribution in [3.63, 3.8) is 0 Å². The first-order valence-corrected chi connectivity index (χ1v) is 10.3. The van der Waals surface area contributed by atoms with E-state index in [-0.39, 0.29) is 6.04 Å². The van der Waals surface area contributed by atoms with E-state index in [1.807, 2.05) is 55.0 Å². The van der Waals surface area contributed by atoms with Gasteiger partial charge in [-0.2, -0.15) is 0 Å². The van der Waals surface area contributed by atoms with Gasteiger partial charge in [0.15, 0.2) is 0 Å². The summed E-state index contributed by atoms with van der Waals surface area (Å²) in [5.41, 5.74) is 5.29. The number of halogens is 2. The smallest absolute Gasteiger partial charge is 0.130 e. The molecule has 0 bridgehead atoms. The van der Waals surface area contributed by atoms with E-state index in [0.29, 0.717) is 10.2 Å². The Morgan fingerprint density at radius 2 is 1.57 bits per heavy atom. The number of fused-ring (bicyclic) bond motifs is 1. The zero-order valence-corrected chi connectivity index (χ0v) is 17.4. The lowest BCUT2D eigenvalue weighted by Gasteiger charge is -2.21. The molecule has 0 aliphatic rings. The van der Waals surface area contributed by atoms with Gasteiger partial charge in [-0.25, -0.2) is 9.97 Å². The summed E-state index contributed by atoms with van der Waals surface area (Å²) in [6.07, 6.45) is 5.60. The monoisotopic (exact) mass is 429 g/mol. The zero-order valence-electron chi connectivity index (χ0n) is 15.9. The third-order valence-corrected chi connectivity index (χ3v) is 5.66. The number of imidazole rings is 1. The summed E-state index contributed by atoms with van der Waals surface area (Å²) >= 11 is 12.5. The van der Waals surface area contributed by atoms with Gasteiger partial charge in [0.1, 0.15) is 5.15 Å². The molecule has 1 unspecified atom stereocenters. The molecule has 3 nitrogen and oxygen atoms in total. The average Bonchev–Trinajstić information content (AvgIpc) is 3.30. The van der Waals surface area contributed by atoms with Gasteiger partial charge in [0, 0.05) is 22.8 Å². The average molecular weight is 430 g/mol. The maximum absolute atomic E-state index is 6.33. The van der Waals surface area contributed by atoms with Gasteiger partial charge in [-0.1, -0.05) is 71.7 Å². The Morgan fingerprint density at radius 1 is 0.800 bits per heavy atom. The minimum atomic E-state index is -0.0338. The van der Waals surface area contributed by atoms with E-state index in [4.69, 9.17) is 23.2 Å². The summed E-state index contributed by atoms with van der Waals surface area (Å²) in [5.74, 6) is 0. The Kier molecular flexibility index (Phi) is 4.99. The van der Waals surface area contributed by atoms with Gasteiger partial charge < -0.3 is 4.57 Å². The minimum absolute atomic E-state index is 0.0338. The molecule has 0 amide bonds. The Labute approximate surface area is 184 Å². The topological polar surface area (TPSA) is 30.7 Å². The maximum Gasteiger partial charge on any atom is 0.130 e. The van der Waals surface area contributed by atoms with Gasteiger partial charge in [-0.3, -0.25) is 0 Å². The highest BCUT2D eigenvalue weighted by Gasteiger charge is 2.18. The molecule has 0 fully saturated rings. The highest BCUT2D eigenvalue weighted by Crippen LogP contribution is 2.34. The lowest BCUT2D eigenvalue weighted by molar-refractivity contribution is 0.677. The van der Waals surface area contributed by atoms with Gasteiger partial charge in [0.25, 0.3) is 0 Å². The summed E-state index contributed by atoms with van der Waals surface area (Å²) in [5, 5.41) is 2.26. The van der Waals surface area contributed by atoms with Gasteiger partial charge in [-0.15, -0.1) is 0 Å². The Hall–Kier alpha value is -3.14. The molecule has 30 heavy (non-hydrogen) atoms. The van der Waals surface area contributed by atoms with Crippen LogP contribution in [0.2, 0.25) is 10.2 Å². The molecule has 0 N–H and O–H groups in total. The van der Waals surface area contributed by atoms with Crippen LogP contribution in [0.25, 0.3) is 22.0 Å². The van der Waals surface area contributed by atoms with E-state index in [9.17, 15) is 0 Å². The molecule has 2 heterocycles. The van der Waals surface area contributed by atoms with Crippen LogP contribution in [-0.4, -0.2) is 14.5 Å². The van der Waals surface area contributed by atoms with Crippen LogP contribution < -0.4 is 0 Å². The maximum atomic E-state index is 6.33. The molecule has 2 aromatic heterocycles. The fraction of sp³-hybridized carbons (Fsp3) is 0.0400. The molecule has 146 valence electrons. The molecule has 5 rings (SSSR count). The summed E-state index contributed by atoms with van der Waals surface area (Å²) in [7, 11) is 0. The summed E-state index contributed by atoms with van der Waals surface area (Å²) in [6.45, 7) is 0. The van der Waals surface area contributed by atoms with E-state index < -0.39 is 0 Å². The van der Waals surface area contributed by atoms with Gasteiger partial charge in [-0.05, 0) is 52.6 Å². The Balaban J connectivity index is 1.73. The number of aromatic nitrogens is 3. The predicted molar refractivity (Wildman–Crippen MR) is 123 cm³/mol. The Morgan fingerprint density at radius 3 is 2.30 bits per heavy atom. The van der Waals surface area contributed by atoms with E-state index in [1.165, 1.54) is 0 Å².